The zero-order valence-electron chi connectivity index (χ0n) is 17.0. The van der Waals surface area contributed by atoms with Gasteiger partial charge in [-0.2, -0.15) is 0 Å². The highest BCUT2D eigenvalue weighted by Crippen LogP contribution is 2.37. The molecule has 10 nitrogen and oxygen atoms in total. The molecular weight excluding hydrogens is 426 g/mol. The van der Waals surface area contributed by atoms with Gasteiger partial charge < -0.3 is 29.3 Å². The Morgan fingerprint density at radius 2 is 2.03 bits per heavy atom. The fourth-order valence-corrected chi connectivity index (χ4v) is 3.65. The summed E-state index contributed by atoms with van der Waals surface area (Å²) in [5.74, 6) is -0.689. The summed E-state index contributed by atoms with van der Waals surface area (Å²) in [7, 11) is 0. The summed E-state index contributed by atoms with van der Waals surface area (Å²) in [6.45, 7) is 4.71. The minimum Gasteiger partial charge on any atom is -0.476 e. The van der Waals surface area contributed by atoms with Gasteiger partial charge in [-0.05, 0) is 48.0 Å². The second kappa shape index (κ2) is 9.39. The number of aromatic nitrogens is 1. The first kappa shape index (κ1) is 22.0. The molecule has 162 valence electrons. The number of esters is 1. The van der Waals surface area contributed by atoms with Crippen LogP contribution in [0.2, 0.25) is 0 Å². The van der Waals surface area contributed by atoms with Crippen molar-refractivity contribution in [3.8, 4) is 17.1 Å². The zero-order chi connectivity index (χ0) is 22.5. The molecule has 0 aromatic carbocycles. The SMILES string of the molecule is CCOC(=O)c1c(-c2ccc(C)o2)csc1NC(=O)COc1ccc(C)nc1[N+](=O)[O-]. The lowest BCUT2D eigenvalue weighted by atomic mass is 10.1. The Labute approximate surface area is 181 Å². The summed E-state index contributed by atoms with van der Waals surface area (Å²) in [5, 5.41) is 15.7. The Morgan fingerprint density at radius 1 is 1.26 bits per heavy atom. The molecule has 3 rings (SSSR count). The van der Waals surface area contributed by atoms with E-state index in [0.29, 0.717) is 22.8 Å². The quantitative estimate of drug-likeness (QED) is 0.311. The Balaban J connectivity index is 1.79. The Hall–Kier alpha value is -3.73. The number of aryl methyl sites for hydroxylation is 2. The second-order valence-corrected chi connectivity index (χ2v) is 7.23. The number of ether oxygens (including phenoxy) is 2. The number of carbonyl (C=O) groups is 2. The summed E-state index contributed by atoms with van der Waals surface area (Å²) >= 11 is 1.13. The van der Waals surface area contributed by atoms with E-state index in [1.54, 1.807) is 38.3 Å². The maximum absolute atomic E-state index is 12.5. The molecule has 0 aliphatic heterocycles. The van der Waals surface area contributed by atoms with E-state index in [0.717, 1.165) is 11.3 Å². The first-order valence-electron chi connectivity index (χ1n) is 9.20. The molecular formula is C20H19N3O7S. The Kier molecular flexibility index (Phi) is 6.65. The van der Waals surface area contributed by atoms with Gasteiger partial charge in [0, 0.05) is 17.9 Å². The van der Waals surface area contributed by atoms with Crippen LogP contribution in [0.4, 0.5) is 10.8 Å². The molecule has 31 heavy (non-hydrogen) atoms. The van der Waals surface area contributed by atoms with Crippen molar-refractivity contribution < 1.29 is 28.4 Å². The van der Waals surface area contributed by atoms with Crippen LogP contribution in [0.5, 0.6) is 5.75 Å². The molecule has 0 bridgehead atoms. The molecule has 3 heterocycles. The molecule has 0 spiro atoms. The van der Waals surface area contributed by atoms with Gasteiger partial charge in [-0.25, -0.2) is 4.79 Å². The lowest BCUT2D eigenvalue weighted by Gasteiger charge is -2.09. The first-order chi connectivity index (χ1) is 14.8. The number of furan rings is 1. The smallest absolute Gasteiger partial charge is 0.406 e. The highest BCUT2D eigenvalue weighted by molar-refractivity contribution is 7.15. The molecule has 3 aromatic heterocycles. The van der Waals surface area contributed by atoms with Crippen molar-refractivity contribution in [1.82, 2.24) is 4.98 Å². The van der Waals surface area contributed by atoms with Crippen molar-refractivity contribution >= 4 is 34.0 Å². The van der Waals surface area contributed by atoms with Crippen molar-refractivity contribution in [2.75, 3.05) is 18.5 Å². The molecule has 0 atom stereocenters. The van der Waals surface area contributed by atoms with E-state index >= 15 is 0 Å². The number of thiophene rings is 1. The van der Waals surface area contributed by atoms with Crippen LogP contribution >= 0.6 is 11.3 Å². The van der Waals surface area contributed by atoms with E-state index in [1.165, 1.54) is 12.1 Å². The number of pyridine rings is 1. The molecule has 0 radical (unpaired) electrons. The Morgan fingerprint density at radius 3 is 2.68 bits per heavy atom. The van der Waals surface area contributed by atoms with Gasteiger partial charge in [0.15, 0.2) is 6.61 Å². The lowest BCUT2D eigenvalue weighted by molar-refractivity contribution is -0.390. The van der Waals surface area contributed by atoms with E-state index < -0.39 is 29.2 Å². The molecule has 11 heteroatoms. The van der Waals surface area contributed by atoms with Crippen LogP contribution in [0.1, 0.15) is 28.7 Å². The van der Waals surface area contributed by atoms with Crippen molar-refractivity contribution in [2.24, 2.45) is 0 Å². The van der Waals surface area contributed by atoms with Crippen LogP contribution in [0.25, 0.3) is 11.3 Å². The van der Waals surface area contributed by atoms with Crippen LogP contribution in [0, 0.1) is 24.0 Å². The number of rotatable bonds is 8. The highest BCUT2D eigenvalue weighted by atomic mass is 32.1. The summed E-state index contributed by atoms with van der Waals surface area (Å²) in [6.07, 6.45) is 0. The van der Waals surface area contributed by atoms with Gasteiger partial charge in [0.05, 0.1) is 6.61 Å². The third-order valence-corrected chi connectivity index (χ3v) is 4.94. The van der Waals surface area contributed by atoms with E-state index in [1.807, 2.05) is 0 Å². The van der Waals surface area contributed by atoms with E-state index in [9.17, 15) is 19.7 Å². The molecule has 0 unspecified atom stereocenters. The minimum atomic E-state index is -0.685. The third kappa shape index (κ3) is 5.07. The summed E-state index contributed by atoms with van der Waals surface area (Å²) in [6, 6.07) is 6.39. The van der Waals surface area contributed by atoms with Crippen molar-refractivity contribution in [2.45, 2.75) is 20.8 Å². The van der Waals surface area contributed by atoms with Crippen molar-refractivity contribution in [1.29, 1.82) is 0 Å². The van der Waals surface area contributed by atoms with E-state index in [4.69, 9.17) is 13.9 Å². The molecule has 0 aliphatic carbocycles. The van der Waals surface area contributed by atoms with Crippen molar-refractivity contribution in [3.63, 3.8) is 0 Å². The minimum absolute atomic E-state index is 0.130. The predicted octanol–water partition coefficient (Wildman–Crippen LogP) is 4.12. The monoisotopic (exact) mass is 445 g/mol. The predicted molar refractivity (Wildman–Crippen MR) is 112 cm³/mol. The normalized spacial score (nSPS) is 10.5. The zero-order valence-corrected chi connectivity index (χ0v) is 17.8. The largest absolute Gasteiger partial charge is 0.476 e. The van der Waals surface area contributed by atoms with Gasteiger partial charge in [0.2, 0.25) is 5.75 Å². The summed E-state index contributed by atoms with van der Waals surface area (Å²) < 4.78 is 16.0. The van der Waals surface area contributed by atoms with Gasteiger partial charge in [-0.1, -0.05) is 0 Å². The van der Waals surface area contributed by atoms with Crippen LogP contribution < -0.4 is 10.1 Å². The van der Waals surface area contributed by atoms with Crippen LogP contribution in [-0.2, 0) is 9.53 Å². The molecule has 0 saturated heterocycles. The van der Waals surface area contributed by atoms with Gasteiger partial charge in [-0.15, -0.1) is 11.3 Å². The highest BCUT2D eigenvalue weighted by Gasteiger charge is 2.25. The lowest BCUT2D eigenvalue weighted by Crippen LogP contribution is -2.21. The number of nitro groups is 1. The van der Waals surface area contributed by atoms with Crippen LogP contribution in [0.15, 0.2) is 34.1 Å². The average molecular weight is 445 g/mol. The number of amides is 1. The van der Waals surface area contributed by atoms with Crippen LogP contribution in [0.3, 0.4) is 0 Å². The average Bonchev–Trinajstić information content (AvgIpc) is 3.33. The van der Waals surface area contributed by atoms with E-state index in [2.05, 4.69) is 10.3 Å². The molecule has 1 amide bonds. The Bertz CT molecular complexity index is 1140. The molecule has 0 fully saturated rings. The van der Waals surface area contributed by atoms with Crippen LogP contribution in [-0.4, -0.2) is 35.0 Å². The standard InChI is InChI=1S/C20H19N3O7S/c1-4-28-20(25)17-13(14-8-6-12(3)30-14)10-31-19(17)22-16(24)9-29-15-7-5-11(2)21-18(15)23(26)27/h5-8,10H,4,9H2,1-3H3,(H,22,24). The first-order valence-corrected chi connectivity index (χ1v) is 10.1. The topological polar surface area (TPSA) is 134 Å². The van der Waals surface area contributed by atoms with Gasteiger partial charge in [0.1, 0.15) is 27.8 Å². The number of hydrogen-bond donors (Lipinski definition) is 1. The second-order valence-electron chi connectivity index (χ2n) is 6.35. The van der Waals surface area contributed by atoms with Gasteiger partial charge in [0.25, 0.3) is 5.91 Å². The molecule has 3 aromatic rings. The van der Waals surface area contributed by atoms with Crippen molar-refractivity contribution in [3.05, 3.63) is 56.8 Å². The summed E-state index contributed by atoms with van der Waals surface area (Å²) in [5.41, 5.74) is 1.10. The number of nitrogens with zero attached hydrogens (tertiary/aromatic N) is 2. The maximum atomic E-state index is 12.5. The van der Waals surface area contributed by atoms with Gasteiger partial charge in [-0.3, -0.25) is 4.79 Å². The van der Waals surface area contributed by atoms with E-state index in [-0.39, 0.29) is 22.9 Å². The number of nitrogens with one attached hydrogen (secondary N) is 1. The summed E-state index contributed by atoms with van der Waals surface area (Å²) in [4.78, 5) is 39.2. The number of anilines is 1. The maximum Gasteiger partial charge on any atom is 0.406 e. The van der Waals surface area contributed by atoms with Gasteiger partial charge >= 0.3 is 11.8 Å². The fourth-order valence-electron chi connectivity index (χ4n) is 2.70. The fraction of sp³-hybridized carbons (Fsp3) is 0.250. The number of carbonyl (C=O) groups excluding carboxylic acids is 2. The third-order valence-electron chi connectivity index (χ3n) is 4.04. The molecule has 0 aliphatic rings. The molecule has 1 N–H and O–H groups in total. The number of hydrogen-bond acceptors (Lipinski definition) is 9. The molecule has 0 saturated carbocycles.